The van der Waals surface area contributed by atoms with Gasteiger partial charge in [0.15, 0.2) is 0 Å². The standard InChI is InChI=1S/C13H22N2O3S2/c1-13(2)10-18-9-8-15(13)20(16,17)12-5-4-11(19-12)6-7-14-3/h4-5,14H,6-10H2,1-3H3. The van der Waals surface area contributed by atoms with Crippen LogP contribution in [0.1, 0.15) is 18.7 Å². The summed E-state index contributed by atoms with van der Waals surface area (Å²) in [4.78, 5) is 1.09. The SMILES string of the molecule is CNCCc1ccc(S(=O)(=O)N2CCOCC2(C)C)s1. The van der Waals surface area contributed by atoms with Crippen LogP contribution in [0.25, 0.3) is 0 Å². The maximum absolute atomic E-state index is 12.8. The van der Waals surface area contributed by atoms with Gasteiger partial charge < -0.3 is 10.1 Å². The molecular formula is C13H22N2O3S2. The van der Waals surface area contributed by atoms with E-state index in [0.29, 0.717) is 24.0 Å². The van der Waals surface area contributed by atoms with Gasteiger partial charge in [0.1, 0.15) is 4.21 Å². The maximum atomic E-state index is 12.8. The minimum atomic E-state index is -3.42. The number of nitrogens with zero attached hydrogens (tertiary/aromatic N) is 1. The van der Waals surface area contributed by atoms with Crippen molar-refractivity contribution in [1.82, 2.24) is 9.62 Å². The Bertz CT molecular complexity index is 552. The predicted octanol–water partition coefficient (Wildman–Crippen LogP) is 1.31. The zero-order valence-electron chi connectivity index (χ0n) is 12.2. The van der Waals surface area contributed by atoms with Gasteiger partial charge in [-0.25, -0.2) is 8.42 Å². The van der Waals surface area contributed by atoms with Crippen LogP contribution in [0.2, 0.25) is 0 Å². The highest BCUT2D eigenvalue weighted by Crippen LogP contribution is 2.31. The fraction of sp³-hybridized carbons (Fsp3) is 0.692. The first-order chi connectivity index (χ1) is 9.38. The van der Waals surface area contributed by atoms with Gasteiger partial charge in [-0.1, -0.05) is 0 Å². The summed E-state index contributed by atoms with van der Waals surface area (Å²) in [5.41, 5.74) is -0.494. The van der Waals surface area contributed by atoms with Gasteiger partial charge in [0, 0.05) is 11.4 Å². The molecule has 0 bridgehead atoms. The van der Waals surface area contributed by atoms with E-state index in [1.807, 2.05) is 27.0 Å². The van der Waals surface area contributed by atoms with Gasteiger partial charge in [0.2, 0.25) is 0 Å². The molecule has 1 saturated heterocycles. The van der Waals surface area contributed by atoms with Crippen LogP contribution in [-0.4, -0.2) is 51.6 Å². The molecular weight excluding hydrogens is 296 g/mol. The zero-order valence-corrected chi connectivity index (χ0v) is 13.8. The number of hydrogen-bond acceptors (Lipinski definition) is 5. The third-order valence-electron chi connectivity index (χ3n) is 3.37. The van der Waals surface area contributed by atoms with Gasteiger partial charge in [-0.3, -0.25) is 0 Å². The van der Waals surface area contributed by atoms with Crippen LogP contribution in [0.4, 0.5) is 0 Å². The highest BCUT2D eigenvalue weighted by atomic mass is 32.2. The van der Waals surface area contributed by atoms with Gasteiger partial charge in [0.25, 0.3) is 10.0 Å². The normalized spacial score (nSPS) is 20.1. The van der Waals surface area contributed by atoms with Crippen molar-refractivity contribution in [3.8, 4) is 0 Å². The second-order valence-electron chi connectivity index (χ2n) is 5.52. The summed E-state index contributed by atoms with van der Waals surface area (Å²) in [6, 6.07) is 3.62. The van der Waals surface area contributed by atoms with Gasteiger partial charge in [-0.15, -0.1) is 11.3 Å². The number of sulfonamides is 1. The third kappa shape index (κ3) is 3.23. The monoisotopic (exact) mass is 318 g/mol. The van der Waals surface area contributed by atoms with Gasteiger partial charge in [0.05, 0.1) is 18.8 Å². The largest absolute Gasteiger partial charge is 0.378 e. The van der Waals surface area contributed by atoms with E-state index in [2.05, 4.69) is 5.32 Å². The topological polar surface area (TPSA) is 58.6 Å². The second kappa shape index (κ2) is 6.11. The fourth-order valence-corrected chi connectivity index (χ4v) is 5.50. The molecule has 20 heavy (non-hydrogen) atoms. The molecule has 5 nitrogen and oxygen atoms in total. The molecule has 1 N–H and O–H groups in total. The lowest BCUT2D eigenvalue weighted by Gasteiger charge is -2.40. The first-order valence-corrected chi connectivity index (χ1v) is 8.97. The highest BCUT2D eigenvalue weighted by Gasteiger charge is 2.40. The minimum absolute atomic E-state index is 0.416. The molecule has 0 spiro atoms. The first kappa shape index (κ1) is 15.9. The van der Waals surface area contributed by atoms with E-state index in [9.17, 15) is 8.42 Å². The lowest BCUT2D eigenvalue weighted by molar-refractivity contribution is -0.00761. The lowest BCUT2D eigenvalue weighted by Crippen LogP contribution is -2.55. The Hall–Kier alpha value is -0.470. The predicted molar refractivity (Wildman–Crippen MR) is 80.7 cm³/mol. The average Bonchev–Trinajstić information content (AvgIpc) is 2.85. The van der Waals surface area contributed by atoms with Gasteiger partial charge in [-0.2, -0.15) is 4.31 Å². The summed E-state index contributed by atoms with van der Waals surface area (Å²) in [6.07, 6.45) is 0.850. The van der Waals surface area contributed by atoms with Gasteiger partial charge in [-0.05, 0) is 46.0 Å². The van der Waals surface area contributed by atoms with Crippen molar-refractivity contribution < 1.29 is 13.2 Å². The molecule has 114 valence electrons. The Labute approximate surface area is 125 Å². The molecule has 7 heteroatoms. The van der Waals surface area contributed by atoms with Crippen LogP contribution < -0.4 is 5.32 Å². The molecule has 0 amide bonds. The van der Waals surface area contributed by atoms with Crippen LogP contribution >= 0.6 is 11.3 Å². The van der Waals surface area contributed by atoms with Crippen molar-refractivity contribution in [3.63, 3.8) is 0 Å². The van der Waals surface area contributed by atoms with Crippen molar-refractivity contribution in [2.24, 2.45) is 0 Å². The summed E-state index contributed by atoms with van der Waals surface area (Å²) in [5, 5.41) is 3.07. The van der Waals surface area contributed by atoms with E-state index >= 15 is 0 Å². The molecule has 0 aromatic carbocycles. The number of hydrogen-bond donors (Lipinski definition) is 1. The fourth-order valence-electron chi connectivity index (χ4n) is 2.28. The van der Waals surface area contributed by atoms with E-state index in [1.54, 1.807) is 10.4 Å². The summed E-state index contributed by atoms with van der Waals surface area (Å²) >= 11 is 1.36. The molecule has 0 saturated carbocycles. The van der Waals surface area contributed by atoms with E-state index in [-0.39, 0.29) is 0 Å². The number of rotatable bonds is 5. The zero-order chi connectivity index (χ0) is 14.8. The summed E-state index contributed by atoms with van der Waals surface area (Å²) < 4.78 is 32.9. The molecule has 1 aromatic rings. The van der Waals surface area contributed by atoms with Crippen molar-refractivity contribution in [1.29, 1.82) is 0 Å². The quantitative estimate of drug-likeness (QED) is 0.889. The molecule has 0 unspecified atom stereocenters. The number of ether oxygens (including phenoxy) is 1. The number of likely N-dealkylation sites (N-methyl/N-ethyl adjacent to an activating group) is 1. The Balaban J connectivity index is 2.23. The molecule has 2 heterocycles. The molecule has 0 aliphatic carbocycles. The van der Waals surface area contributed by atoms with Crippen LogP contribution in [0.5, 0.6) is 0 Å². The summed E-state index contributed by atoms with van der Waals surface area (Å²) in [5.74, 6) is 0. The molecule has 1 aliphatic rings. The van der Waals surface area contributed by atoms with E-state index < -0.39 is 15.6 Å². The Morgan fingerprint density at radius 2 is 2.20 bits per heavy atom. The molecule has 1 aromatic heterocycles. The Kier molecular flexibility index (Phi) is 4.86. The molecule has 1 aliphatic heterocycles. The van der Waals surface area contributed by atoms with E-state index in [1.165, 1.54) is 11.3 Å². The smallest absolute Gasteiger partial charge is 0.253 e. The molecule has 1 fully saturated rings. The van der Waals surface area contributed by atoms with Crippen LogP contribution in [0.15, 0.2) is 16.3 Å². The highest BCUT2D eigenvalue weighted by molar-refractivity contribution is 7.91. The van der Waals surface area contributed by atoms with Crippen molar-refractivity contribution in [3.05, 3.63) is 17.0 Å². The third-order valence-corrected chi connectivity index (χ3v) is 7.10. The van der Waals surface area contributed by atoms with Gasteiger partial charge >= 0.3 is 0 Å². The number of morpholine rings is 1. The molecule has 0 atom stereocenters. The Morgan fingerprint density at radius 3 is 2.85 bits per heavy atom. The number of nitrogens with one attached hydrogen (secondary N) is 1. The second-order valence-corrected chi connectivity index (χ2v) is 8.77. The van der Waals surface area contributed by atoms with Crippen LogP contribution in [0, 0.1) is 0 Å². The van der Waals surface area contributed by atoms with Crippen molar-refractivity contribution in [2.75, 3.05) is 33.4 Å². The van der Waals surface area contributed by atoms with Crippen LogP contribution in [-0.2, 0) is 21.2 Å². The lowest BCUT2D eigenvalue weighted by atomic mass is 10.1. The van der Waals surface area contributed by atoms with Crippen molar-refractivity contribution in [2.45, 2.75) is 30.0 Å². The number of thiophene rings is 1. The maximum Gasteiger partial charge on any atom is 0.253 e. The Morgan fingerprint density at radius 1 is 1.45 bits per heavy atom. The minimum Gasteiger partial charge on any atom is -0.378 e. The van der Waals surface area contributed by atoms with E-state index in [4.69, 9.17) is 4.74 Å². The molecule has 2 rings (SSSR count). The van der Waals surface area contributed by atoms with Crippen LogP contribution in [0.3, 0.4) is 0 Å². The molecule has 0 radical (unpaired) electrons. The van der Waals surface area contributed by atoms with Crippen molar-refractivity contribution >= 4 is 21.4 Å². The summed E-state index contributed by atoms with van der Waals surface area (Å²) in [6.45, 7) is 5.96. The summed E-state index contributed by atoms with van der Waals surface area (Å²) in [7, 11) is -1.53. The first-order valence-electron chi connectivity index (χ1n) is 6.72. The average molecular weight is 318 g/mol. The van der Waals surface area contributed by atoms with E-state index in [0.717, 1.165) is 17.8 Å².